The van der Waals surface area contributed by atoms with Crippen LogP contribution in [0, 0.1) is 5.92 Å². The Balaban J connectivity index is 1.72. The van der Waals surface area contributed by atoms with Crippen LogP contribution in [-0.2, 0) is 16.0 Å². The molecule has 2 aromatic rings. The van der Waals surface area contributed by atoms with E-state index in [9.17, 15) is 14.7 Å². The van der Waals surface area contributed by atoms with Gasteiger partial charge in [-0.3, -0.25) is 9.59 Å². The molecule has 1 fully saturated rings. The van der Waals surface area contributed by atoms with Gasteiger partial charge in [-0.25, -0.2) is 4.90 Å². The van der Waals surface area contributed by atoms with Crippen LogP contribution in [0.4, 0.5) is 5.69 Å². The van der Waals surface area contributed by atoms with Crippen LogP contribution < -0.4 is 9.64 Å². The number of aliphatic hydroxyl groups excluding tert-OH is 1. The second-order valence-corrected chi connectivity index (χ2v) is 8.80. The lowest BCUT2D eigenvalue weighted by Crippen LogP contribution is -2.40. The maximum absolute atomic E-state index is 13.7. The van der Waals surface area contributed by atoms with E-state index >= 15 is 0 Å². The summed E-state index contributed by atoms with van der Waals surface area (Å²) in [5.41, 5.74) is 3.32. The zero-order valence-corrected chi connectivity index (χ0v) is 19.4. The summed E-state index contributed by atoms with van der Waals surface area (Å²) >= 11 is 0. The minimum absolute atomic E-state index is 0.0761. The van der Waals surface area contributed by atoms with Gasteiger partial charge in [-0.15, -0.1) is 0 Å². The molecular weight excluding hydrogens is 416 g/mol. The van der Waals surface area contributed by atoms with Gasteiger partial charge >= 0.3 is 0 Å². The fraction of sp³-hybridized carbons (Fsp3) is 0.407. The Morgan fingerprint density at radius 2 is 1.76 bits per heavy atom. The van der Waals surface area contributed by atoms with Gasteiger partial charge < -0.3 is 14.7 Å². The molecule has 1 N–H and O–H groups in total. The van der Waals surface area contributed by atoms with Crippen LogP contribution in [0.3, 0.4) is 0 Å². The summed E-state index contributed by atoms with van der Waals surface area (Å²) in [4.78, 5) is 30.6. The number of methoxy groups -OCH3 is 1. The minimum atomic E-state index is -0.312. The van der Waals surface area contributed by atoms with Crippen molar-refractivity contribution < 1.29 is 19.4 Å². The lowest BCUT2D eigenvalue weighted by molar-refractivity contribution is -0.120. The smallest absolute Gasteiger partial charge is 0.282 e. The molecule has 0 aromatic heterocycles. The van der Waals surface area contributed by atoms with Crippen molar-refractivity contribution in [1.82, 2.24) is 4.90 Å². The molecule has 6 nitrogen and oxygen atoms in total. The predicted molar refractivity (Wildman–Crippen MR) is 129 cm³/mol. The first-order valence-corrected chi connectivity index (χ1v) is 11.8. The first kappa shape index (κ1) is 23.1. The number of unbranched alkanes of at least 4 members (excludes halogenated alkanes) is 1. The second-order valence-electron chi connectivity index (χ2n) is 8.80. The number of piperidine rings is 1. The zero-order valence-electron chi connectivity index (χ0n) is 19.4. The summed E-state index contributed by atoms with van der Waals surface area (Å²) in [7, 11) is 1.60. The summed E-state index contributed by atoms with van der Waals surface area (Å²) in [6.07, 6.45) is 5.00. The molecule has 2 aliphatic rings. The van der Waals surface area contributed by atoms with Crippen LogP contribution in [0.5, 0.6) is 5.75 Å². The van der Waals surface area contributed by atoms with Crippen LogP contribution in [0.1, 0.15) is 43.7 Å². The zero-order chi connectivity index (χ0) is 23.4. The van der Waals surface area contributed by atoms with Crippen molar-refractivity contribution in [2.24, 2.45) is 5.92 Å². The number of amides is 2. The Bertz CT molecular complexity index is 1030. The van der Waals surface area contributed by atoms with Crippen molar-refractivity contribution >= 4 is 23.1 Å². The third-order valence-corrected chi connectivity index (χ3v) is 6.55. The van der Waals surface area contributed by atoms with Crippen LogP contribution in [0.2, 0.25) is 0 Å². The maximum atomic E-state index is 13.7. The molecule has 6 heteroatoms. The number of carbonyl (C=O) groups excluding carboxylic acids is 2. The number of rotatable bonds is 8. The molecule has 0 radical (unpaired) electrons. The van der Waals surface area contributed by atoms with E-state index in [1.54, 1.807) is 19.2 Å². The summed E-state index contributed by atoms with van der Waals surface area (Å²) in [5, 5.41) is 9.71. The number of anilines is 1. The first-order chi connectivity index (χ1) is 16.1. The van der Waals surface area contributed by atoms with Crippen LogP contribution in [0.25, 0.3) is 5.57 Å². The van der Waals surface area contributed by atoms with Crippen molar-refractivity contribution in [1.29, 1.82) is 0 Å². The molecule has 2 aromatic carbocycles. The molecule has 2 aliphatic heterocycles. The molecule has 174 valence electrons. The van der Waals surface area contributed by atoms with E-state index in [-0.39, 0.29) is 24.3 Å². The Morgan fingerprint density at radius 3 is 2.39 bits per heavy atom. The molecular formula is C27H32N2O4. The third kappa shape index (κ3) is 4.67. The van der Waals surface area contributed by atoms with Crippen LogP contribution in [0.15, 0.2) is 54.2 Å². The molecule has 4 rings (SSSR count). The van der Waals surface area contributed by atoms with E-state index in [0.717, 1.165) is 32.1 Å². The average molecular weight is 449 g/mol. The Kier molecular flexibility index (Phi) is 7.14. The molecule has 0 aliphatic carbocycles. The van der Waals surface area contributed by atoms with Gasteiger partial charge in [0.05, 0.1) is 18.4 Å². The van der Waals surface area contributed by atoms with Gasteiger partial charge in [0.15, 0.2) is 0 Å². The molecule has 1 saturated heterocycles. The number of ether oxygens (including phenoxy) is 1. The molecule has 1 atom stereocenters. The number of nitrogens with zero attached hydrogens (tertiary/aromatic N) is 2. The minimum Gasteiger partial charge on any atom is -0.497 e. The highest BCUT2D eigenvalue weighted by molar-refractivity contribution is 6.45. The standard InChI is InChI=1S/C27H32N2O4/c1-3-4-6-19-8-12-22(13-9-19)29-26(31)24(21-10-14-23(33-2)15-11-21)25(27(29)32)28-16-5-7-20(17-28)18-30/h8-15,20,30H,3-7,16-18H2,1-2H3. The number of imide groups is 1. The van der Waals surface area contributed by atoms with E-state index in [1.807, 2.05) is 41.3 Å². The lowest BCUT2D eigenvalue weighted by Gasteiger charge is -2.34. The first-order valence-electron chi connectivity index (χ1n) is 11.8. The van der Waals surface area contributed by atoms with E-state index in [0.29, 0.717) is 41.4 Å². The van der Waals surface area contributed by atoms with E-state index < -0.39 is 0 Å². The average Bonchev–Trinajstić information content (AvgIpc) is 3.13. The van der Waals surface area contributed by atoms with Crippen molar-refractivity contribution in [3.63, 3.8) is 0 Å². The van der Waals surface area contributed by atoms with Crippen LogP contribution >= 0.6 is 0 Å². The summed E-state index contributed by atoms with van der Waals surface area (Å²) in [5.74, 6) is 0.173. The van der Waals surface area contributed by atoms with Crippen molar-refractivity contribution in [2.75, 3.05) is 31.7 Å². The summed E-state index contributed by atoms with van der Waals surface area (Å²) in [6, 6.07) is 15.0. The second kappa shape index (κ2) is 10.2. The highest BCUT2D eigenvalue weighted by Gasteiger charge is 2.43. The molecule has 0 spiro atoms. The Hall–Kier alpha value is -3.12. The van der Waals surface area contributed by atoms with Gasteiger partial charge in [0, 0.05) is 19.7 Å². The van der Waals surface area contributed by atoms with Gasteiger partial charge in [0.1, 0.15) is 11.4 Å². The van der Waals surface area contributed by atoms with Crippen molar-refractivity contribution in [3.8, 4) is 5.75 Å². The number of carbonyl (C=O) groups is 2. The van der Waals surface area contributed by atoms with Gasteiger partial charge in [-0.05, 0) is 67.0 Å². The Labute approximate surface area is 195 Å². The highest BCUT2D eigenvalue weighted by Crippen LogP contribution is 2.37. The fourth-order valence-corrected chi connectivity index (χ4v) is 4.67. The topological polar surface area (TPSA) is 70.1 Å². The normalized spacial score (nSPS) is 18.9. The van der Waals surface area contributed by atoms with Crippen molar-refractivity contribution in [2.45, 2.75) is 39.0 Å². The number of likely N-dealkylation sites (tertiary alicyclic amines) is 1. The molecule has 0 saturated carbocycles. The van der Waals surface area contributed by atoms with Gasteiger partial charge in [0.25, 0.3) is 11.8 Å². The highest BCUT2D eigenvalue weighted by atomic mass is 16.5. The predicted octanol–water partition coefficient (Wildman–Crippen LogP) is 4.03. The number of hydrogen-bond acceptors (Lipinski definition) is 5. The van der Waals surface area contributed by atoms with Gasteiger partial charge in [-0.2, -0.15) is 0 Å². The molecule has 2 heterocycles. The molecule has 0 bridgehead atoms. The number of hydrogen-bond donors (Lipinski definition) is 1. The molecule has 33 heavy (non-hydrogen) atoms. The van der Waals surface area contributed by atoms with E-state index in [4.69, 9.17) is 4.74 Å². The summed E-state index contributed by atoms with van der Waals surface area (Å²) in [6.45, 7) is 3.49. The fourth-order valence-electron chi connectivity index (χ4n) is 4.67. The van der Waals surface area contributed by atoms with Gasteiger partial charge in [0.2, 0.25) is 0 Å². The van der Waals surface area contributed by atoms with Gasteiger partial charge in [-0.1, -0.05) is 37.6 Å². The number of aryl methyl sites for hydroxylation is 1. The number of benzene rings is 2. The third-order valence-electron chi connectivity index (χ3n) is 6.55. The monoisotopic (exact) mass is 448 g/mol. The molecule has 1 unspecified atom stereocenters. The van der Waals surface area contributed by atoms with E-state index in [1.165, 1.54) is 10.5 Å². The van der Waals surface area contributed by atoms with E-state index in [2.05, 4.69) is 6.92 Å². The van der Waals surface area contributed by atoms with Crippen molar-refractivity contribution in [3.05, 3.63) is 65.4 Å². The quantitative estimate of drug-likeness (QED) is 0.618. The largest absolute Gasteiger partial charge is 0.497 e. The lowest BCUT2D eigenvalue weighted by atomic mass is 9.97. The number of aliphatic hydroxyl groups is 1. The Morgan fingerprint density at radius 1 is 1.03 bits per heavy atom. The SMILES string of the molecule is CCCCc1ccc(N2C(=O)C(c3ccc(OC)cc3)=C(N3CCCC(CO)C3)C2=O)cc1. The maximum Gasteiger partial charge on any atom is 0.282 e. The van der Waals surface area contributed by atoms with Crippen LogP contribution in [-0.4, -0.2) is 48.6 Å². The molecule has 2 amide bonds. The summed E-state index contributed by atoms with van der Waals surface area (Å²) < 4.78 is 5.26.